The molecule has 0 heterocycles. The summed E-state index contributed by atoms with van der Waals surface area (Å²) in [5.41, 5.74) is 0. The van der Waals surface area contributed by atoms with Gasteiger partial charge >= 0.3 is 0 Å². The minimum Gasteiger partial charge on any atom is -0.547 e. The Morgan fingerprint density at radius 2 is 1.76 bits per heavy atom. The van der Waals surface area contributed by atoms with Crippen molar-refractivity contribution in [1.29, 1.82) is 0 Å². The lowest BCUT2D eigenvalue weighted by molar-refractivity contribution is 0.369. The van der Waals surface area contributed by atoms with Crippen molar-refractivity contribution in [3.63, 3.8) is 0 Å². The Bertz CT molecular complexity index is 264. The van der Waals surface area contributed by atoms with E-state index in [-0.39, 0.29) is 5.04 Å². The van der Waals surface area contributed by atoms with Crippen molar-refractivity contribution in [2.75, 3.05) is 12.5 Å². The Balaban J connectivity index is 4.83. The van der Waals surface area contributed by atoms with E-state index in [2.05, 4.69) is 66.3 Å². The van der Waals surface area contributed by atoms with E-state index in [1.165, 1.54) is 5.76 Å². The van der Waals surface area contributed by atoms with Gasteiger partial charge in [-0.1, -0.05) is 27.7 Å². The fourth-order valence-electron chi connectivity index (χ4n) is 1.10. The summed E-state index contributed by atoms with van der Waals surface area (Å²) in [6.45, 7) is 16.0. The quantitative estimate of drug-likeness (QED) is 0.406. The molecule has 0 saturated carbocycles. The maximum atomic E-state index is 6.38. The van der Waals surface area contributed by atoms with Crippen LogP contribution in [-0.4, -0.2) is 26.1 Å². The molecule has 0 aromatic rings. The lowest BCUT2D eigenvalue weighted by Gasteiger charge is -2.37. The van der Waals surface area contributed by atoms with Gasteiger partial charge in [-0.25, -0.2) is 0 Å². The highest BCUT2D eigenvalue weighted by Crippen LogP contribution is 2.38. The lowest BCUT2D eigenvalue weighted by atomic mass is 10.2. The summed E-state index contributed by atoms with van der Waals surface area (Å²) in [4.78, 5) is 0. The van der Waals surface area contributed by atoms with Crippen LogP contribution in [0.3, 0.4) is 0 Å². The van der Waals surface area contributed by atoms with E-state index in [4.69, 9.17) is 4.43 Å². The first-order valence-electron chi connectivity index (χ1n) is 6.47. The van der Waals surface area contributed by atoms with Crippen molar-refractivity contribution in [3.05, 3.63) is 11.8 Å². The number of rotatable bonds is 5. The minimum atomic E-state index is -1.66. The third-order valence-corrected chi connectivity index (χ3v) is 9.71. The molecule has 0 aliphatic carbocycles. The molecular formula is C14H31OSSi+. The van der Waals surface area contributed by atoms with Crippen LogP contribution in [0.5, 0.6) is 0 Å². The largest absolute Gasteiger partial charge is 0.547 e. The number of hydrogen-bond donors (Lipinski definition) is 0. The summed E-state index contributed by atoms with van der Waals surface area (Å²) in [6, 6.07) is 0. The Morgan fingerprint density at radius 3 is 2.06 bits per heavy atom. The molecule has 1 unspecified atom stereocenters. The van der Waals surface area contributed by atoms with Crippen LogP contribution >= 0.6 is 0 Å². The van der Waals surface area contributed by atoms with Crippen LogP contribution in [0.25, 0.3) is 0 Å². The van der Waals surface area contributed by atoms with Crippen molar-refractivity contribution in [2.24, 2.45) is 0 Å². The molecule has 0 N–H and O–H groups in total. The van der Waals surface area contributed by atoms with E-state index in [9.17, 15) is 0 Å². The van der Waals surface area contributed by atoms with E-state index < -0.39 is 8.32 Å². The molecule has 1 atom stereocenters. The minimum absolute atomic E-state index is 0.282. The van der Waals surface area contributed by atoms with Gasteiger partial charge in [0.05, 0.1) is 18.3 Å². The Morgan fingerprint density at radius 1 is 1.29 bits per heavy atom. The molecular weight excluding hydrogens is 244 g/mol. The molecule has 3 heteroatoms. The summed E-state index contributed by atoms with van der Waals surface area (Å²) in [5, 5.41) is 0.902. The normalized spacial score (nSPS) is 16.2. The monoisotopic (exact) mass is 275 g/mol. The van der Waals surface area contributed by atoms with E-state index in [0.29, 0.717) is 16.1 Å². The molecule has 0 radical (unpaired) electrons. The van der Waals surface area contributed by atoms with E-state index in [1.54, 1.807) is 0 Å². The molecule has 0 aromatic carbocycles. The lowest BCUT2D eigenvalue weighted by Crippen LogP contribution is -2.40. The predicted octanol–water partition coefficient (Wildman–Crippen LogP) is 4.57. The zero-order valence-corrected chi connectivity index (χ0v) is 15.0. The zero-order valence-electron chi connectivity index (χ0n) is 13.2. The fourth-order valence-corrected chi connectivity index (χ4v) is 2.70. The van der Waals surface area contributed by atoms with Gasteiger partial charge in [-0.3, -0.25) is 0 Å². The van der Waals surface area contributed by atoms with Crippen LogP contribution in [0.4, 0.5) is 0 Å². The van der Waals surface area contributed by atoms with Gasteiger partial charge in [0.1, 0.15) is 5.25 Å². The second kappa shape index (κ2) is 6.33. The molecule has 0 bridgehead atoms. The van der Waals surface area contributed by atoms with Crippen molar-refractivity contribution in [3.8, 4) is 0 Å². The maximum Gasteiger partial charge on any atom is 0.250 e. The summed E-state index contributed by atoms with van der Waals surface area (Å²) in [7, 11) is -1.23. The molecule has 0 saturated heterocycles. The van der Waals surface area contributed by atoms with Crippen LogP contribution in [0.2, 0.25) is 18.1 Å². The number of allylic oxidation sites excluding steroid dienone is 1. The molecule has 0 aromatic heterocycles. The zero-order chi connectivity index (χ0) is 13.9. The highest BCUT2D eigenvalue weighted by Gasteiger charge is 2.39. The van der Waals surface area contributed by atoms with Crippen LogP contribution in [-0.2, 0) is 15.3 Å². The van der Waals surface area contributed by atoms with E-state index in [1.807, 2.05) is 0 Å². The van der Waals surface area contributed by atoms with Gasteiger partial charge in [-0.15, -0.1) is 0 Å². The SMILES string of the molecule is CC/C(=C\C(C)[S+](C)C)O[Si](C)(C)C(C)(C)C. The Hall–Kier alpha value is 0.107. The summed E-state index contributed by atoms with van der Waals surface area (Å²) < 4.78 is 6.38. The summed E-state index contributed by atoms with van der Waals surface area (Å²) in [6.07, 6.45) is 7.93. The third-order valence-electron chi connectivity index (χ3n) is 3.71. The van der Waals surface area contributed by atoms with Crippen LogP contribution in [0.15, 0.2) is 11.8 Å². The van der Waals surface area contributed by atoms with Crippen molar-refractivity contribution < 1.29 is 4.43 Å². The van der Waals surface area contributed by atoms with Crippen molar-refractivity contribution >= 4 is 19.2 Å². The van der Waals surface area contributed by atoms with Crippen molar-refractivity contribution in [2.45, 2.75) is 64.4 Å². The van der Waals surface area contributed by atoms with Gasteiger partial charge in [0.15, 0.2) is 0 Å². The molecule has 0 spiro atoms. The molecule has 0 aliphatic heterocycles. The first-order valence-corrected chi connectivity index (χ1v) is 11.5. The Kier molecular flexibility index (Phi) is 6.37. The molecule has 0 amide bonds. The molecule has 0 aliphatic rings. The van der Waals surface area contributed by atoms with Crippen LogP contribution < -0.4 is 0 Å². The second-order valence-corrected chi connectivity index (χ2v) is 13.7. The smallest absolute Gasteiger partial charge is 0.250 e. The van der Waals surface area contributed by atoms with Gasteiger partial charge in [0.25, 0.3) is 0 Å². The number of hydrogen-bond acceptors (Lipinski definition) is 1. The summed E-state index contributed by atoms with van der Waals surface area (Å²) in [5.74, 6) is 1.20. The first kappa shape index (κ1) is 17.1. The van der Waals surface area contributed by atoms with Crippen LogP contribution in [0.1, 0.15) is 41.0 Å². The summed E-state index contributed by atoms with van der Waals surface area (Å²) >= 11 is 0. The van der Waals surface area contributed by atoms with Gasteiger partial charge < -0.3 is 4.43 Å². The van der Waals surface area contributed by atoms with Gasteiger partial charge in [0, 0.05) is 12.5 Å². The predicted molar refractivity (Wildman–Crippen MR) is 85.3 cm³/mol. The molecule has 0 rings (SSSR count). The van der Waals surface area contributed by atoms with Gasteiger partial charge in [-0.05, 0) is 36.0 Å². The van der Waals surface area contributed by atoms with Gasteiger partial charge in [-0.2, -0.15) is 0 Å². The topological polar surface area (TPSA) is 9.23 Å². The van der Waals surface area contributed by atoms with Crippen molar-refractivity contribution in [1.82, 2.24) is 0 Å². The average Bonchev–Trinajstić information content (AvgIpc) is 2.14. The standard InChI is InChI=1S/C14H31OSSi/c1-10-13(11-12(2)16(6)7)15-17(8,9)14(3,4)5/h11-12H,10H2,1-9H3/q+1/b13-11+. The Labute approximate surface area is 113 Å². The molecule has 17 heavy (non-hydrogen) atoms. The van der Waals surface area contributed by atoms with E-state index in [0.717, 1.165) is 6.42 Å². The maximum absolute atomic E-state index is 6.38. The van der Waals surface area contributed by atoms with Gasteiger partial charge in [0.2, 0.25) is 8.32 Å². The van der Waals surface area contributed by atoms with E-state index >= 15 is 0 Å². The van der Waals surface area contributed by atoms with Crippen LogP contribution in [0, 0.1) is 0 Å². The first-order chi connectivity index (χ1) is 7.51. The third kappa shape index (κ3) is 5.52. The highest BCUT2D eigenvalue weighted by atomic mass is 32.2. The second-order valence-electron chi connectivity index (χ2n) is 6.43. The molecule has 102 valence electrons. The highest BCUT2D eigenvalue weighted by molar-refractivity contribution is 7.96. The molecule has 0 fully saturated rings. The fraction of sp³-hybridized carbons (Fsp3) is 0.857. The average molecular weight is 276 g/mol. The molecule has 1 nitrogen and oxygen atoms in total.